The molecule has 0 radical (unpaired) electrons. The van der Waals surface area contributed by atoms with Gasteiger partial charge in [0, 0.05) is 63.2 Å². The second kappa shape index (κ2) is 18.2. The lowest BCUT2D eigenvalue weighted by Gasteiger charge is -2.29. The highest BCUT2D eigenvalue weighted by Crippen LogP contribution is 2.32. The first kappa shape index (κ1) is 39.6. The van der Waals surface area contributed by atoms with Crippen LogP contribution in [0.3, 0.4) is 0 Å². The molecule has 0 atom stereocenters. The number of halogens is 1. The number of carbonyl (C=O) groups is 2. The lowest BCUT2D eigenvalue weighted by Crippen LogP contribution is -2.44. The van der Waals surface area contributed by atoms with E-state index in [1.54, 1.807) is 6.20 Å². The Morgan fingerprint density at radius 3 is 2.40 bits per heavy atom. The number of hydrogen-bond donors (Lipinski definition) is 2. The van der Waals surface area contributed by atoms with Crippen LogP contribution in [0.5, 0.6) is 11.6 Å². The van der Waals surface area contributed by atoms with Crippen molar-refractivity contribution in [1.82, 2.24) is 39.7 Å². The van der Waals surface area contributed by atoms with Gasteiger partial charge in [-0.3, -0.25) is 19.4 Å². The molecule has 3 aliphatic rings. The van der Waals surface area contributed by atoms with Gasteiger partial charge >= 0.3 is 0 Å². The van der Waals surface area contributed by atoms with Crippen molar-refractivity contribution < 1.29 is 23.5 Å². The van der Waals surface area contributed by atoms with E-state index in [0.29, 0.717) is 37.1 Å². The summed E-state index contributed by atoms with van der Waals surface area (Å²) in [5.41, 5.74) is 6.76. The third-order valence-electron chi connectivity index (χ3n) is 11.6. The summed E-state index contributed by atoms with van der Waals surface area (Å²) in [6, 6.07) is 21.3. The summed E-state index contributed by atoms with van der Waals surface area (Å²) in [4.78, 5) is 42.8. The van der Waals surface area contributed by atoms with E-state index in [0.717, 1.165) is 94.2 Å². The number of likely N-dealkylation sites (N-methyl/N-ethyl adjacent to an activating group) is 1. The van der Waals surface area contributed by atoms with E-state index in [1.807, 2.05) is 47.7 Å². The maximum Gasteiger partial charge on any atom is 0.271 e. The standard InChI is InChI=1S/C45H53FN8O4/c1-31-6-3-9-42-50-41(30-54(31)42)44(56)49-37-13-11-36(12-14-37)48-43(55)40-26-35(46)27-47-45(40)58-38-8-4-7-33(25-38)39-15-10-32(28-52-17-5-16-51(2)18-19-52)24-34(39)29-53-20-22-57-23-21-53/h3-4,6-10,15,24-27,30,36-37H,5,11-14,16-23,28-29H2,1-2H3,(H,48,55)(H,49,56). The fourth-order valence-electron chi connectivity index (χ4n) is 8.35. The lowest BCUT2D eigenvalue weighted by molar-refractivity contribution is 0.0342. The first-order valence-corrected chi connectivity index (χ1v) is 20.6. The molecule has 0 bridgehead atoms. The highest BCUT2D eigenvalue weighted by Gasteiger charge is 2.27. The molecule has 0 unspecified atom stereocenters. The number of imidazole rings is 1. The van der Waals surface area contributed by atoms with Crippen LogP contribution in [-0.2, 0) is 17.8 Å². The summed E-state index contributed by atoms with van der Waals surface area (Å²) in [7, 11) is 2.20. The molecule has 0 spiro atoms. The van der Waals surface area contributed by atoms with E-state index in [4.69, 9.17) is 9.47 Å². The number of amides is 2. The minimum atomic E-state index is -0.625. The monoisotopic (exact) mass is 788 g/mol. The SMILES string of the molecule is Cc1cccc2nc(C(=O)NC3CCC(NC(=O)c4cc(F)cnc4Oc4cccc(-c5ccc(CN6CCCN(C)CC6)cc5CN5CCOCC5)c4)CC3)cn12. The Bertz CT molecular complexity index is 2230. The van der Waals surface area contributed by atoms with Gasteiger partial charge in [0.15, 0.2) is 0 Å². The quantitative estimate of drug-likeness (QED) is 0.165. The van der Waals surface area contributed by atoms with E-state index < -0.39 is 11.7 Å². The van der Waals surface area contributed by atoms with E-state index >= 15 is 0 Å². The molecule has 3 aromatic heterocycles. The van der Waals surface area contributed by atoms with Crippen molar-refractivity contribution in [2.24, 2.45) is 0 Å². The Morgan fingerprint density at radius 2 is 1.60 bits per heavy atom. The van der Waals surface area contributed by atoms with Crippen molar-refractivity contribution in [1.29, 1.82) is 0 Å². The van der Waals surface area contributed by atoms with Gasteiger partial charge in [0.25, 0.3) is 11.8 Å². The summed E-state index contributed by atoms with van der Waals surface area (Å²) in [5.74, 6) is -0.761. The Balaban J connectivity index is 0.930. The molecule has 2 saturated heterocycles. The molecule has 304 valence electrons. The van der Waals surface area contributed by atoms with Gasteiger partial charge in [-0.1, -0.05) is 36.4 Å². The van der Waals surface area contributed by atoms with Gasteiger partial charge in [-0.2, -0.15) is 0 Å². The van der Waals surface area contributed by atoms with E-state index in [9.17, 15) is 14.0 Å². The number of carbonyl (C=O) groups excluding carboxylic acids is 2. The van der Waals surface area contributed by atoms with Gasteiger partial charge in [-0.05, 0) is 112 Å². The molecule has 12 nitrogen and oxygen atoms in total. The molecule has 13 heteroatoms. The molecule has 1 saturated carbocycles. The van der Waals surface area contributed by atoms with Gasteiger partial charge < -0.3 is 29.4 Å². The highest BCUT2D eigenvalue weighted by atomic mass is 19.1. The van der Waals surface area contributed by atoms with Crippen LogP contribution in [-0.4, -0.2) is 112 Å². The minimum Gasteiger partial charge on any atom is -0.438 e. The van der Waals surface area contributed by atoms with Crippen molar-refractivity contribution in [2.45, 2.75) is 64.2 Å². The van der Waals surface area contributed by atoms with Gasteiger partial charge in [0.2, 0.25) is 5.88 Å². The van der Waals surface area contributed by atoms with Crippen LogP contribution >= 0.6 is 0 Å². The number of nitrogens with one attached hydrogen (secondary N) is 2. The third kappa shape index (κ3) is 9.72. The first-order valence-electron chi connectivity index (χ1n) is 20.6. The van der Waals surface area contributed by atoms with Crippen LogP contribution < -0.4 is 15.4 Å². The Hall–Kier alpha value is -5.21. The molecule has 2 amide bonds. The Labute approximate surface area is 339 Å². The normalized spacial score (nSPS) is 19.8. The summed E-state index contributed by atoms with van der Waals surface area (Å²) in [5, 5.41) is 6.18. The smallest absolute Gasteiger partial charge is 0.271 e. The molecular weight excluding hydrogens is 736 g/mol. The summed E-state index contributed by atoms with van der Waals surface area (Å²) in [6.45, 7) is 11.3. The van der Waals surface area contributed by atoms with Gasteiger partial charge in [-0.25, -0.2) is 14.4 Å². The second-order valence-electron chi connectivity index (χ2n) is 16.0. The second-order valence-corrected chi connectivity index (χ2v) is 16.0. The van der Waals surface area contributed by atoms with Crippen molar-refractivity contribution >= 4 is 17.5 Å². The third-order valence-corrected chi connectivity index (χ3v) is 11.6. The molecule has 5 aromatic rings. The number of nitrogens with zero attached hydrogens (tertiary/aromatic N) is 6. The summed E-state index contributed by atoms with van der Waals surface area (Å²) >= 11 is 0. The zero-order valence-corrected chi connectivity index (χ0v) is 33.5. The Kier molecular flexibility index (Phi) is 12.4. The van der Waals surface area contributed by atoms with Crippen molar-refractivity contribution in [3.05, 3.63) is 113 Å². The molecule has 2 aromatic carbocycles. The van der Waals surface area contributed by atoms with Gasteiger partial charge in [0.1, 0.15) is 28.5 Å². The molecule has 5 heterocycles. The number of fused-ring (bicyclic) bond motifs is 1. The van der Waals surface area contributed by atoms with Crippen LogP contribution in [0.15, 0.2) is 79.1 Å². The maximum absolute atomic E-state index is 14.6. The molecule has 1 aliphatic carbocycles. The number of ether oxygens (including phenoxy) is 2. The predicted molar refractivity (Wildman–Crippen MR) is 221 cm³/mol. The topological polar surface area (TPSA) is 117 Å². The summed E-state index contributed by atoms with van der Waals surface area (Å²) < 4.78 is 28.4. The average molecular weight is 789 g/mol. The van der Waals surface area contributed by atoms with Crippen molar-refractivity contribution in [2.75, 3.05) is 59.5 Å². The molecule has 2 aliphatic heterocycles. The van der Waals surface area contributed by atoms with Crippen molar-refractivity contribution in [3.63, 3.8) is 0 Å². The summed E-state index contributed by atoms with van der Waals surface area (Å²) in [6.07, 6.45) is 6.67. The number of pyridine rings is 2. The van der Waals surface area contributed by atoms with Gasteiger partial charge in [-0.15, -0.1) is 0 Å². The number of aromatic nitrogens is 3. The molecular formula is C45H53FN8O4. The lowest BCUT2D eigenvalue weighted by atomic mass is 9.91. The number of aryl methyl sites for hydroxylation is 1. The fraction of sp³-hybridized carbons (Fsp3) is 0.422. The van der Waals surface area contributed by atoms with E-state index in [1.165, 1.54) is 23.6 Å². The van der Waals surface area contributed by atoms with Crippen LogP contribution in [0.1, 0.15) is 69.8 Å². The molecule has 3 fully saturated rings. The number of benzene rings is 2. The zero-order chi connectivity index (χ0) is 40.0. The average Bonchev–Trinajstić information content (AvgIpc) is 3.58. The number of morpholine rings is 1. The first-order chi connectivity index (χ1) is 28.2. The van der Waals surface area contributed by atoms with Crippen LogP contribution in [0.25, 0.3) is 16.8 Å². The maximum atomic E-state index is 14.6. The van der Waals surface area contributed by atoms with Crippen LogP contribution in [0.4, 0.5) is 4.39 Å². The molecule has 58 heavy (non-hydrogen) atoms. The van der Waals surface area contributed by atoms with Crippen LogP contribution in [0, 0.1) is 12.7 Å². The minimum absolute atomic E-state index is 0.0278. The molecule has 2 N–H and O–H groups in total. The fourth-order valence-corrected chi connectivity index (χ4v) is 8.35. The highest BCUT2D eigenvalue weighted by molar-refractivity contribution is 5.96. The van der Waals surface area contributed by atoms with Gasteiger partial charge in [0.05, 0.1) is 19.4 Å². The zero-order valence-electron chi connectivity index (χ0n) is 33.5. The predicted octanol–water partition coefficient (Wildman–Crippen LogP) is 6.08. The largest absolute Gasteiger partial charge is 0.438 e. The van der Waals surface area contributed by atoms with Crippen LogP contribution in [0.2, 0.25) is 0 Å². The number of hydrogen-bond acceptors (Lipinski definition) is 9. The Morgan fingerprint density at radius 1 is 0.845 bits per heavy atom. The molecule has 8 rings (SSSR count). The van der Waals surface area contributed by atoms with E-state index in [2.05, 4.69) is 66.6 Å². The number of rotatable bonds is 11. The van der Waals surface area contributed by atoms with E-state index in [-0.39, 0.29) is 29.4 Å². The van der Waals surface area contributed by atoms with Crippen molar-refractivity contribution in [3.8, 4) is 22.8 Å².